The molecule has 0 spiro atoms. The maximum absolute atomic E-state index is 12.5. The molecule has 0 aliphatic carbocycles. The number of methoxy groups -OCH3 is 1. The van der Waals surface area contributed by atoms with Crippen molar-refractivity contribution in [3.05, 3.63) is 56.9 Å². The summed E-state index contributed by atoms with van der Waals surface area (Å²) in [6, 6.07) is 8.14. The molecule has 0 unspecified atom stereocenters. The van der Waals surface area contributed by atoms with Gasteiger partial charge in [-0.1, -0.05) is 0 Å². The summed E-state index contributed by atoms with van der Waals surface area (Å²) >= 11 is 3.29. The highest BCUT2D eigenvalue weighted by molar-refractivity contribution is 9.10. The Labute approximate surface area is 165 Å². The van der Waals surface area contributed by atoms with Gasteiger partial charge in [-0.25, -0.2) is 4.79 Å². The van der Waals surface area contributed by atoms with Gasteiger partial charge in [0.05, 0.1) is 24.0 Å². The Morgan fingerprint density at radius 3 is 2.63 bits per heavy atom. The van der Waals surface area contributed by atoms with E-state index in [-0.39, 0.29) is 18.0 Å². The van der Waals surface area contributed by atoms with Crippen LogP contribution in [0.3, 0.4) is 0 Å². The predicted octanol–water partition coefficient (Wildman–Crippen LogP) is 2.64. The molecule has 7 nitrogen and oxygen atoms in total. The zero-order valence-corrected chi connectivity index (χ0v) is 16.5. The van der Waals surface area contributed by atoms with Crippen molar-refractivity contribution in [1.82, 2.24) is 4.57 Å². The number of nitrogens with one attached hydrogen (secondary N) is 1. The molecule has 0 bridgehead atoms. The second-order valence-electron chi connectivity index (χ2n) is 6.28. The fourth-order valence-electron chi connectivity index (χ4n) is 3.08. The average molecular weight is 434 g/mol. The average Bonchev–Trinajstić information content (AvgIpc) is 3.18. The van der Waals surface area contributed by atoms with Crippen LogP contribution >= 0.6 is 15.9 Å². The Hall–Kier alpha value is -2.61. The Balaban J connectivity index is 1.86. The molecule has 1 aliphatic rings. The highest BCUT2D eigenvalue weighted by Gasteiger charge is 2.19. The molecule has 8 heteroatoms. The summed E-state index contributed by atoms with van der Waals surface area (Å²) in [7, 11) is 1.31. The summed E-state index contributed by atoms with van der Waals surface area (Å²) in [6.45, 7) is 1.66. The molecule has 0 radical (unpaired) electrons. The van der Waals surface area contributed by atoms with Gasteiger partial charge in [-0.15, -0.1) is 0 Å². The summed E-state index contributed by atoms with van der Waals surface area (Å²) in [5.74, 6) is -0.820. The van der Waals surface area contributed by atoms with Crippen LogP contribution in [0.2, 0.25) is 0 Å². The number of amides is 1. The van der Waals surface area contributed by atoms with Crippen LogP contribution in [0, 0.1) is 0 Å². The van der Waals surface area contributed by atoms with Crippen molar-refractivity contribution in [3.63, 3.8) is 0 Å². The van der Waals surface area contributed by atoms with Gasteiger partial charge in [-0.2, -0.15) is 0 Å². The number of carbonyl (C=O) groups is 2. The summed E-state index contributed by atoms with van der Waals surface area (Å²) in [6.07, 6.45) is 3.73. The molecule has 2 heterocycles. The lowest BCUT2D eigenvalue weighted by Gasteiger charge is -2.22. The molecule has 1 amide bonds. The number of benzene rings is 1. The Morgan fingerprint density at radius 1 is 1.19 bits per heavy atom. The number of anilines is 2. The maximum atomic E-state index is 12.5. The number of pyridine rings is 1. The predicted molar refractivity (Wildman–Crippen MR) is 106 cm³/mol. The number of esters is 1. The Bertz CT molecular complexity index is 919. The number of carbonyl (C=O) groups excluding carboxylic acids is 2. The molecule has 0 atom stereocenters. The van der Waals surface area contributed by atoms with Crippen molar-refractivity contribution in [3.8, 4) is 0 Å². The van der Waals surface area contributed by atoms with Gasteiger partial charge in [0.2, 0.25) is 5.91 Å². The van der Waals surface area contributed by atoms with Gasteiger partial charge in [0.25, 0.3) is 5.56 Å². The van der Waals surface area contributed by atoms with E-state index in [2.05, 4.69) is 26.1 Å². The largest absolute Gasteiger partial charge is 0.465 e. The monoisotopic (exact) mass is 433 g/mol. The molecule has 0 saturated carbocycles. The lowest BCUT2D eigenvalue weighted by atomic mass is 10.1. The number of hydrogen-bond donors (Lipinski definition) is 1. The minimum Gasteiger partial charge on any atom is -0.465 e. The van der Waals surface area contributed by atoms with E-state index in [0.29, 0.717) is 15.7 Å². The van der Waals surface area contributed by atoms with Gasteiger partial charge in [-0.05, 0) is 53.0 Å². The van der Waals surface area contributed by atoms with E-state index in [4.69, 9.17) is 4.74 Å². The highest BCUT2D eigenvalue weighted by Crippen LogP contribution is 2.30. The van der Waals surface area contributed by atoms with E-state index in [9.17, 15) is 14.4 Å². The standard InChI is InChI=1S/C19H20BrN3O4/c1-27-19(26)13-4-6-16(22-8-2-3-9-22)15(10-13)21-17(24)12-23-11-14(20)5-7-18(23)25/h4-7,10-11H,2-3,8-9,12H2,1H3,(H,21,24). The molecular weight excluding hydrogens is 414 g/mol. The molecule has 1 aromatic heterocycles. The topological polar surface area (TPSA) is 80.6 Å². The Morgan fingerprint density at radius 2 is 1.93 bits per heavy atom. The SMILES string of the molecule is COC(=O)c1ccc(N2CCCC2)c(NC(=O)Cn2cc(Br)ccc2=O)c1. The second-order valence-corrected chi connectivity index (χ2v) is 7.19. The number of rotatable bonds is 5. The molecule has 27 heavy (non-hydrogen) atoms. The van der Waals surface area contributed by atoms with Gasteiger partial charge in [-0.3, -0.25) is 9.59 Å². The summed E-state index contributed by atoms with van der Waals surface area (Å²) in [5, 5.41) is 2.84. The molecule has 142 valence electrons. The summed E-state index contributed by atoms with van der Waals surface area (Å²) in [4.78, 5) is 38.5. The zero-order valence-electron chi connectivity index (χ0n) is 14.9. The van der Waals surface area contributed by atoms with Crippen LogP contribution in [0.25, 0.3) is 0 Å². The van der Waals surface area contributed by atoms with Crippen molar-refractivity contribution >= 4 is 39.2 Å². The Kier molecular flexibility index (Phi) is 5.95. The summed E-state index contributed by atoms with van der Waals surface area (Å²) < 4.78 is 6.80. The van der Waals surface area contributed by atoms with Gasteiger partial charge >= 0.3 is 5.97 Å². The van der Waals surface area contributed by atoms with Crippen molar-refractivity contribution in [2.45, 2.75) is 19.4 Å². The van der Waals surface area contributed by atoms with E-state index in [1.165, 1.54) is 17.7 Å². The van der Waals surface area contributed by atoms with Crippen LogP contribution < -0.4 is 15.8 Å². The fourth-order valence-corrected chi connectivity index (χ4v) is 3.46. The molecule has 1 saturated heterocycles. The number of ether oxygens (including phenoxy) is 1. The third kappa shape index (κ3) is 4.57. The number of hydrogen-bond acceptors (Lipinski definition) is 5. The quantitative estimate of drug-likeness (QED) is 0.732. The van der Waals surface area contributed by atoms with E-state index in [1.54, 1.807) is 24.4 Å². The number of aromatic nitrogens is 1. The summed E-state index contributed by atoms with van der Waals surface area (Å²) in [5.41, 5.74) is 1.48. The normalized spacial score (nSPS) is 13.5. The highest BCUT2D eigenvalue weighted by atomic mass is 79.9. The molecule has 1 fully saturated rings. The second kappa shape index (κ2) is 8.39. The molecule has 1 N–H and O–H groups in total. The lowest BCUT2D eigenvalue weighted by molar-refractivity contribution is -0.116. The van der Waals surface area contributed by atoms with Crippen LogP contribution in [-0.4, -0.2) is 36.6 Å². The van der Waals surface area contributed by atoms with E-state index < -0.39 is 5.97 Å². The van der Waals surface area contributed by atoms with Crippen LogP contribution in [0.15, 0.2) is 45.8 Å². The van der Waals surface area contributed by atoms with Gasteiger partial charge in [0, 0.05) is 29.8 Å². The van der Waals surface area contributed by atoms with Crippen molar-refractivity contribution in [1.29, 1.82) is 0 Å². The zero-order chi connectivity index (χ0) is 19.4. The number of halogens is 1. The van der Waals surface area contributed by atoms with Gasteiger partial charge in [0.15, 0.2) is 0 Å². The first-order valence-corrected chi connectivity index (χ1v) is 9.40. The van der Waals surface area contributed by atoms with E-state index in [1.807, 2.05) is 6.07 Å². The molecule has 1 aromatic carbocycles. The third-order valence-corrected chi connectivity index (χ3v) is 4.87. The number of nitrogens with zero attached hydrogens (tertiary/aromatic N) is 2. The minimum absolute atomic E-state index is 0.125. The van der Waals surface area contributed by atoms with Crippen LogP contribution in [0.5, 0.6) is 0 Å². The van der Waals surface area contributed by atoms with Crippen LogP contribution in [0.1, 0.15) is 23.2 Å². The van der Waals surface area contributed by atoms with E-state index >= 15 is 0 Å². The molecule has 3 rings (SSSR count). The molecule has 2 aromatic rings. The maximum Gasteiger partial charge on any atom is 0.337 e. The van der Waals surface area contributed by atoms with E-state index in [0.717, 1.165) is 31.6 Å². The lowest BCUT2D eigenvalue weighted by Crippen LogP contribution is -2.28. The van der Waals surface area contributed by atoms with Crippen LogP contribution in [-0.2, 0) is 16.1 Å². The first-order chi connectivity index (χ1) is 13.0. The van der Waals surface area contributed by atoms with Crippen LogP contribution in [0.4, 0.5) is 11.4 Å². The van der Waals surface area contributed by atoms with Crippen molar-refractivity contribution in [2.75, 3.05) is 30.4 Å². The third-order valence-electron chi connectivity index (χ3n) is 4.40. The van der Waals surface area contributed by atoms with Gasteiger partial charge in [0.1, 0.15) is 6.54 Å². The molecule has 1 aliphatic heterocycles. The fraction of sp³-hybridized carbons (Fsp3) is 0.316. The van der Waals surface area contributed by atoms with Crippen molar-refractivity contribution in [2.24, 2.45) is 0 Å². The first-order valence-electron chi connectivity index (χ1n) is 8.61. The first kappa shape index (κ1) is 19.2. The smallest absolute Gasteiger partial charge is 0.337 e. The van der Waals surface area contributed by atoms with Crippen molar-refractivity contribution < 1.29 is 14.3 Å². The molecular formula is C19H20BrN3O4. The minimum atomic E-state index is -0.471. The van der Waals surface area contributed by atoms with Gasteiger partial charge < -0.3 is 19.5 Å².